The van der Waals surface area contributed by atoms with Gasteiger partial charge in [-0.15, -0.1) is 0 Å². The van der Waals surface area contributed by atoms with Gasteiger partial charge in [-0.1, -0.05) is 61.4 Å². The van der Waals surface area contributed by atoms with E-state index in [0.717, 1.165) is 37.8 Å². The predicted molar refractivity (Wildman–Crippen MR) is 95.3 cm³/mol. The summed E-state index contributed by atoms with van der Waals surface area (Å²) < 4.78 is 0. The summed E-state index contributed by atoms with van der Waals surface area (Å²) in [4.78, 5) is 2.45. The summed E-state index contributed by atoms with van der Waals surface area (Å²) in [5, 5.41) is 11.3. The lowest BCUT2D eigenvalue weighted by Crippen LogP contribution is -2.47. The number of hydrogen-bond acceptors (Lipinski definition) is 2. The van der Waals surface area contributed by atoms with Gasteiger partial charge in [0.25, 0.3) is 0 Å². The van der Waals surface area contributed by atoms with Crippen molar-refractivity contribution in [3.8, 4) is 11.8 Å². The Morgan fingerprint density at radius 3 is 2.35 bits per heavy atom. The maximum absolute atomic E-state index is 11.3. The zero-order valence-corrected chi connectivity index (χ0v) is 14.4. The van der Waals surface area contributed by atoms with Crippen LogP contribution in [0.2, 0.25) is 0 Å². The Labute approximate surface area is 140 Å². The van der Waals surface area contributed by atoms with Crippen molar-refractivity contribution in [2.45, 2.75) is 62.9 Å². The normalized spacial score (nSPS) is 23.7. The lowest BCUT2D eigenvalue weighted by Gasteiger charge is -2.39. The van der Waals surface area contributed by atoms with Gasteiger partial charge in [-0.05, 0) is 51.3 Å². The van der Waals surface area contributed by atoms with Gasteiger partial charge in [0.1, 0.15) is 0 Å². The van der Waals surface area contributed by atoms with Gasteiger partial charge in [0.05, 0.1) is 17.6 Å². The summed E-state index contributed by atoms with van der Waals surface area (Å²) in [6.07, 6.45) is 7.86. The summed E-state index contributed by atoms with van der Waals surface area (Å²) in [5.41, 5.74) is -0.0142. The minimum atomic E-state index is -0.691. The van der Waals surface area contributed by atoms with E-state index in [2.05, 4.69) is 47.9 Å². The van der Waals surface area contributed by atoms with Crippen LogP contribution in [0.15, 0.2) is 30.3 Å². The van der Waals surface area contributed by atoms with Gasteiger partial charge >= 0.3 is 0 Å². The highest BCUT2D eigenvalue weighted by atomic mass is 16.3. The van der Waals surface area contributed by atoms with Crippen LogP contribution in [0, 0.1) is 11.8 Å². The van der Waals surface area contributed by atoms with Crippen molar-refractivity contribution in [1.82, 2.24) is 4.90 Å². The Bertz CT molecular complexity index is 558. The van der Waals surface area contributed by atoms with Crippen LogP contribution in [0.5, 0.6) is 0 Å². The number of hydrogen-bond donors (Lipinski definition) is 1. The van der Waals surface area contributed by atoms with E-state index in [-0.39, 0.29) is 0 Å². The zero-order chi connectivity index (χ0) is 16.2. The van der Waals surface area contributed by atoms with E-state index in [4.69, 9.17) is 0 Å². The molecule has 0 amide bonds. The monoisotopic (exact) mass is 311 g/mol. The summed E-state index contributed by atoms with van der Waals surface area (Å²) in [7, 11) is 0. The summed E-state index contributed by atoms with van der Waals surface area (Å²) in [6, 6.07) is 10.4. The van der Waals surface area contributed by atoms with Crippen LogP contribution < -0.4 is 0 Å². The maximum Gasteiger partial charge on any atom is 0.0850 e. The van der Waals surface area contributed by atoms with Crippen LogP contribution in [0.1, 0.15) is 57.4 Å². The average molecular weight is 311 g/mol. The van der Waals surface area contributed by atoms with E-state index in [1.165, 1.54) is 32.4 Å². The fraction of sp³-hybridized carbons (Fsp3) is 0.619. The standard InChI is InChI=1S/C21H29NO/c1-20(19-11-4-2-5-12-19,21(23)14-6-7-15-21)13-10-18-22-16-8-3-9-17-22/h2,4-5,11-12,23H,3,6-9,14-18H2,1H3. The second-order valence-corrected chi connectivity index (χ2v) is 7.37. The van der Waals surface area contributed by atoms with Crippen molar-refractivity contribution in [3.05, 3.63) is 35.9 Å². The summed E-state index contributed by atoms with van der Waals surface area (Å²) in [5.74, 6) is 6.91. The third-order valence-corrected chi connectivity index (χ3v) is 5.80. The fourth-order valence-electron chi connectivity index (χ4n) is 4.13. The second kappa shape index (κ2) is 7.07. The molecular weight excluding hydrogens is 282 g/mol. The molecule has 23 heavy (non-hydrogen) atoms. The van der Waals surface area contributed by atoms with Crippen LogP contribution in [-0.4, -0.2) is 35.2 Å². The summed E-state index contributed by atoms with van der Waals surface area (Å²) in [6.45, 7) is 5.30. The van der Waals surface area contributed by atoms with Crippen molar-refractivity contribution >= 4 is 0 Å². The molecule has 1 aliphatic carbocycles. The van der Waals surface area contributed by atoms with Crippen molar-refractivity contribution in [3.63, 3.8) is 0 Å². The van der Waals surface area contributed by atoms with Crippen molar-refractivity contribution in [2.24, 2.45) is 0 Å². The van der Waals surface area contributed by atoms with Gasteiger partial charge in [-0.25, -0.2) is 0 Å². The lowest BCUT2D eigenvalue weighted by atomic mass is 9.68. The highest BCUT2D eigenvalue weighted by Crippen LogP contribution is 2.45. The molecule has 1 N–H and O–H groups in total. The molecule has 1 aliphatic heterocycles. The smallest absolute Gasteiger partial charge is 0.0850 e. The van der Waals surface area contributed by atoms with Gasteiger partial charge in [-0.2, -0.15) is 0 Å². The molecule has 0 bridgehead atoms. The Morgan fingerprint density at radius 1 is 1.04 bits per heavy atom. The van der Waals surface area contributed by atoms with Crippen molar-refractivity contribution in [1.29, 1.82) is 0 Å². The van der Waals surface area contributed by atoms with Gasteiger partial charge in [0.2, 0.25) is 0 Å². The molecule has 1 heterocycles. The maximum atomic E-state index is 11.3. The molecule has 1 atom stereocenters. The van der Waals surface area contributed by atoms with Crippen LogP contribution in [-0.2, 0) is 5.41 Å². The quantitative estimate of drug-likeness (QED) is 0.860. The van der Waals surface area contributed by atoms with Crippen LogP contribution in [0.4, 0.5) is 0 Å². The molecule has 0 spiro atoms. The number of likely N-dealkylation sites (tertiary alicyclic amines) is 1. The fourth-order valence-corrected chi connectivity index (χ4v) is 4.13. The minimum absolute atomic E-state index is 0.472. The second-order valence-electron chi connectivity index (χ2n) is 7.37. The first kappa shape index (κ1) is 16.6. The molecule has 2 nitrogen and oxygen atoms in total. The average Bonchev–Trinajstić information content (AvgIpc) is 3.05. The van der Waals surface area contributed by atoms with E-state index in [0.29, 0.717) is 0 Å². The molecule has 1 aromatic rings. The van der Waals surface area contributed by atoms with Gasteiger partial charge in [-0.3, -0.25) is 4.90 Å². The topological polar surface area (TPSA) is 23.5 Å². The first-order valence-corrected chi connectivity index (χ1v) is 9.14. The molecule has 1 saturated carbocycles. The first-order valence-electron chi connectivity index (χ1n) is 9.14. The number of aliphatic hydroxyl groups is 1. The molecule has 1 unspecified atom stereocenters. The molecule has 2 heteroatoms. The number of nitrogens with zero attached hydrogens (tertiary/aromatic N) is 1. The molecule has 3 rings (SSSR count). The molecule has 0 aromatic heterocycles. The largest absolute Gasteiger partial charge is 0.388 e. The Kier molecular flexibility index (Phi) is 5.09. The van der Waals surface area contributed by atoms with Crippen LogP contribution in [0.25, 0.3) is 0 Å². The predicted octanol–water partition coefficient (Wildman–Crippen LogP) is 3.74. The number of rotatable bonds is 3. The molecule has 1 saturated heterocycles. The molecule has 2 aliphatic rings. The van der Waals surface area contributed by atoms with Gasteiger partial charge < -0.3 is 5.11 Å². The van der Waals surface area contributed by atoms with Gasteiger partial charge in [0, 0.05) is 0 Å². The Hall–Kier alpha value is -1.30. The summed E-state index contributed by atoms with van der Waals surface area (Å²) >= 11 is 0. The Morgan fingerprint density at radius 2 is 1.70 bits per heavy atom. The molecule has 1 aromatic carbocycles. The van der Waals surface area contributed by atoms with Crippen LogP contribution in [0.3, 0.4) is 0 Å². The molecule has 2 fully saturated rings. The van der Waals surface area contributed by atoms with E-state index < -0.39 is 11.0 Å². The van der Waals surface area contributed by atoms with E-state index in [1.54, 1.807) is 0 Å². The highest BCUT2D eigenvalue weighted by molar-refractivity contribution is 5.39. The molecule has 0 radical (unpaired) electrons. The van der Waals surface area contributed by atoms with Crippen LogP contribution >= 0.6 is 0 Å². The zero-order valence-electron chi connectivity index (χ0n) is 14.4. The van der Waals surface area contributed by atoms with E-state index in [1.807, 2.05) is 6.07 Å². The molecule has 124 valence electrons. The first-order chi connectivity index (χ1) is 11.1. The van der Waals surface area contributed by atoms with Crippen molar-refractivity contribution < 1.29 is 5.11 Å². The van der Waals surface area contributed by atoms with E-state index in [9.17, 15) is 5.11 Å². The number of piperidine rings is 1. The van der Waals surface area contributed by atoms with Crippen molar-refractivity contribution in [2.75, 3.05) is 19.6 Å². The minimum Gasteiger partial charge on any atom is -0.388 e. The third kappa shape index (κ3) is 3.47. The lowest BCUT2D eigenvalue weighted by molar-refractivity contribution is -0.00306. The third-order valence-electron chi connectivity index (χ3n) is 5.80. The van der Waals surface area contributed by atoms with Gasteiger partial charge in [0.15, 0.2) is 0 Å². The number of benzene rings is 1. The van der Waals surface area contributed by atoms with E-state index >= 15 is 0 Å². The SMILES string of the molecule is CC(C#CCN1CCCCC1)(c1ccccc1)C1(O)CCCC1. The highest BCUT2D eigenvalue weighted by Gasteiger charge is 2.48. The Balaban J connectivity index is 1.84. The molecular formula is C21H29NO.